The Hall–Kier alpha value is -0.600. The fraction of sp³-hybridized carbons (Fsp3) is 0.571. The van der Waals surface area contributed by atoms with E-state index in [9.17, 15) is 4.39 Å². The summed E-state index contributed by atoms with van der Waals surface area (Å²) < 4.78 is 13.5. The topological polar surface area (TPSA) is 12.0 Å². The SMILES string of the molecule is C[C@@H](NCc1cc(Cl)ccc1F)C1CCCC1. The second-order valence-electron chi connectivity index (χ2n) is 4.95. The summed E-state index contributed by atoms with van der Waals surface area (Å²) in [6.07, 6.45) is 5.27. The molecular formula is C14H19ClFN. The van der Waals surface area contributed by atoms with Gasteiger partial charge in [-0.15, -0.1) is 0 Å². The van der Waals surface area contributed by atoms with Gasteiger partial charge in [-0.25, -0.2) is 4.39 Å². The van der Waals surface area contributed by atoms with Gasteiger partial charge in [-0.3, -0.25) is 0 Å². The van der Waals surface area contributed by atoms with Crippen molar-refractivity contribution in [3.63, 3.8) is 0 Å². The molecule has 3 heteroatoms. The second kappa shape index (κ2) is 5.83. The summed E-state index contributed by atoms with van der Waals surface area (Å²) in [5.74, 6) is 0.567. The summed E-state index contributed by atoms with van der Waals surface area (Å²) in [7, 11) is 0. The molecule has 17 heavy (non-hydrogen) atoms. The van der Waals surface area contributed by atoms with Crippen LogP contribution in [0.3, 0.4) is 0 Å². The Morgan fingerprint density at radius 1 is 1.41 bits per heavy atom. The molecule has 94 valence electrons. The highest BCUT2D eigenvalue weighted by Crippen LogP contribution is 2.27. The third-order valence-corrected chi connectivity index (χ3v) is 3.96. The zero-order valence-corrected chi connectivity index (χ0v) is 10.9. The molecule has 1 aliphatic carbocycles. The molecule has 0 heterocycles. The Balaban J connectivity index is 1.90. The van der Waals surface area contributed by atoms with Gasteiger partial charge in [-0.1, -0.05) is 24.4 Å². The molecular weight excluding hydrogens is 237 g/mol. The van der Waals surface area contributed by atoms with Gasteiger partial charge in [0.15, 0.2) is 0 Å². The van der Waals surface area contributed by atoms with Crippen LogP contribution in [0.1, 0.15) is 38.2 Å². The Morgan fingerprint density at radius 3 is 2.82 bits per heavy atom. The second-order valence-corrected chi connectivity index (χ2v) is 5.39. The zero-order chi connectivity index (χ0) is 12.3. The average Bonchev–Trinajstić information content (AvgIpc) is 2.83. The highest BCUT2D eigenvalue weighted by atomic mass is 35.5. The molecule has 0 saturated heterocycles. The predicted molar refractivity (Wildman–Crippen MR) is 69.7 cm³/mol. The molecule has 1 aliphatic rings. The van der Waals surface area contributed by atoms with Crippen molar-refractivity contribution in [3.8, 4) is 0 Å². The van der Waals surface area contributed by atoms with Crippen LogP contribution in [0, 0.1) is 11.7 Å². The molecule has 0 radical (unpaired) electrons. The van der Waals surface area contributed by atoms with Crippen LogP contribution in [0.25, 0.3) is 0 Å². The Kier molecular flexibility index (Phi) is 4.41. The van der Waals surface area contributed by atoms with Crippen LogP contribution in [0.15, 0.2) is 18.2 Å². The number of halogens is 2. The van der Waals surface area contributed by atoms with E-state index < -0.39 is 0 Å². The number of hydrogen-bond donors (Lipinski definition) is 1. The highest BCUT2D eigenvalue weighted by molar-refractivity contribution is 6.30. The van der Waals surface area contributed by atoms with Crippen molar-refractivity contribution in [1.82, 2.24) is 5.32 Å². The summed E-state index contributed by atoms with van der Waals surface area (Å²) in [5.41, 5.74) is 0.655. The molecule has 1 aromatic rings. The van der Waals surface area contributed by atoms with Crippen LogP contribution in [-0.2, 0) is 6.54 Å². The minimum absolute atomic E-state index is 0.180. The first kappa shape index (κ1) is 12.8. The Labute approximate surface area is 107 Å². The van der Waals surface area contributed by atoms with E-state index in [2.05, 4.69) is 12.2 Å². The number of rotatable bonds is 4. The summed E-state index contributed by atoms with van der Waals surface area (Å²) in [6.45, 7) is 2.75. The molecule has 1 N–H and O–H groups in total. The molecule has 1 fully saturated rings. The van der Waals surface area contributed by atoms with Gasteiger partial charge in [0.25, 0.3) is 0 Å². The van der Waals surface area contributed by atoms with Crippen LogP contribution in [0.2, 0.25) is 5.02 Å². The van der Waals surface area contributed by atoms with Gasteiger partial charge in [0.05, 0.1) is 0 Å². The first-order chi connectivity index (χ1) is 8.16. The van der Waals surface area contributed by atoms with Crippen LogP contribution < -0.4 is 5.32 Å². The van der Waals surface area contributed by atoms with Gasteiger partial charge < -0.3 is 5.32 Å². The van der Waals surface area contributed by atoms with Crippen LogP contribution in [-0.4, -0.2) is 6.04 Å². The van der Waals surface area contributed by atoms with Crippen molar-refractivity contribution in [2.24, 2.45) is 5.92 Å². The van der Waals surface area contributed by atoms with Crippen molar-refractivity contribution in [2.75, 3.05) is 0 Å². The minimum Gasteiger partial charge on any atom is -0.310 e. The molecule has 0 spiro atoms. The summed E-state index contributed by atoms with van der Waals surface area (Å²) in [4.78, 5) is 0. The van der Waals surface area contributed by atoms with Gasteiger partial charge in [0.2, 0.25) is 0 Å². The molecule has 1 saturated carbocycles. The molecule has 0 bridgehead atoms. The lowest BCUT2D eigenvalue weighted by molar-refractivity contribution is 0.378. The highest BCUT2D eigenvalue weighted by Gasteiger charge is 2.21. The monoisotopic (exact) mass is 255 g/mol. The number of nitrogens with one attached hydrogen (secondary N) is 1. The van der Waals surface area contributed by atoms with E-state index in [0.717, 1.165) is 5.92 Å². The van der Waals surface area contributed by atoms with Crippen molar-refractivity contribution < 1.29 is 4.39 Å². The van der Waals surface area contributed by atoms with Crippen molar-refractivity contribution in [3.05, 3.63) is 34.6 Å². The average molecular weight is 256 g/mol. The number of hydrogen-bond acceptors (Lipinski definition) is 1. The Morgan fingerprint density at radius 2 is 2.12 bits per heavy atom. The maximum Gasteiger partial charge on any atom is 0.127 e. The quantitative estimate of drug-likeness (QED) is 0.852. The van der Waals surface area contributed by atoms with E-state index in [1.807, 2.05) is 0 Å². The largest absolute Gasteiger partial charge is 0.310 e. The lowest BCUT2D eigenvalue weighted by Crippen LogP contribution is -2.32. The van der Waals surface area contributed by atoms with Gasteiger partial charge in [-0.2, -0.15) is 0 Å². The summed E-state index contributed by atoms with van der Waals surface area (Å²) in [6, 6.07) is 5.17. The van der Waals surface area contributed by atoms with Crippen molar-refractivity contribution >= 4 is 11.6 Å². The minimum atomic E-state index is -0.180. The zero-order valence-electron chi connectivity index (χ0n) is 10.2. The van der Waals surface area contributed by atoms with E-state index in [4.69, 9.17) is 11.6 Å². The summed E-state index contributed by atoms with van der Waals surface area (Å²) >= 11 is 5.86. The maximum atomic E-state index is 13.5. The molecule has 2 rings (SSSR count). The molecule has 0 unspecified atom stereocenters. The fourth-order valence-electron chi connectivity index (χ4n) is 2.57. The normalized spacial score (nSPS) is 18.5. The van der Waals surface area contributed by atoms with Crippen LogP contribution >= 0.6 is 11.6 Å². The van der Waals surface area contributed by atoms with Gasteiger partial charge in [0, 0.05) is 23.2 Å². The lowest BCUT2D eigenvalue weighted by atomic mass is 9.99. The third kappa shape index (κ3) is 3.43. The smallest absolute Gasteiger partial charge is 0.127 e. The van der Waals surface area contributed by atoms with E-state index in [1.165, 1.54) is 31.7 Å². The standard InChI is InChI=1S/C14H19ClFN/c1-10(11-4-2-3-5-11)17-9-12-8-13(15)6-7-14(12)16/h6-8,10-11,17H,2-5,9H2,1H3/t10-/m1/s1. The van der Waals surface area contributed by atoms with Crippen LogP contribution in [0.4, 0.5) is 4.39 Å². The van der Waals surface area contributed by atoms with E-state index in [-0.39, 0.29) is 5.82 Å². The maximum absolute atomic E-state index is 13.5. The molecule has 1 atom stereocenters. The number of benzene rings is 1. The van der Waals surface area contributed by atoms with Gasteiger partial charge >= 0.3 is 0 Å². The van der Waals surface area contributed by atoms with Gasteiger partial charge in [-0.05, 0) is 43.9 Å². The summed E-state index contributed by atoms with van der Waals surface area (Å²) in [5, 5.41) is 4.00. The lowest BCUT2D eigenvalue weighted by Gasteiger charge is -2.20. The van der Waals surface area contributed by atoms with E-state index >= 15 is 0 Å². The predicted octanol–water partition coefficient (Wildman–Crippen LogP) is 4.15. The molecule has 1 nitrogen and oxygen atoms in total. The molecule has 1 aromatic carbocycles. The molecule has 0 aromatic heterocycles. The first-order valence-corrected chi connectivity index (χ1v) is 6.72. The van der Waals surface area contributed by atoms with Crippen molar-refractivity contribution in [2.45, 2.75) is 45.2 Å². The Bertz CT molecular complexity index is 374. The first-order valence-electron chi connectivity index (χ1n) is 6.34. The third-order valence-electron chi connectivity index (χ3n) is 3.73. The fourth-order valence-corrected chi connectivity index (χ4v) is 2.77. The van der Waals surface area contributed by atoms with Crippen LogP contribution in [0.5, 0.6) is 0 Å². The molecule has 0 amide bonds. The van der Waals surface area contributed by atoms with E-state index in [1.54, 1.807) is 12.1 Å². The van der Waals surface area contributed by atoms with E-state index in [0.29, 0.717) is 23.2 Å². The van der Waals surface area contributed by atoms with Gasteiger partial charge in [0.1, 0.15) is 5.82 Å². The molecule has 0 aliphatic heterocycles. The van der Waals surface area contributed by atoms with Crippen molar-refractivity contribution in [1.29, 1.82) is 0 Å².